The van der Waals surface area contributed by atoms with E-state index in [0.29, 0.717) is 6.42 Å². The second kappa shape index (κ2) is 9.80. The summed E-state index contributed by atoms with van der Waals surface area (Å²) in [4.78, 5) is 24.3. The predicted molar refractivity (Wildman–Crippen MR) is 118 cm³/mol. The van der Waals surface area contributed by atoms with Crippen molar-refractivity contribution in [2.45, 2.75) is 19.4 Å². The van der Waals surface area contributed by atoms with Gasteiger partial charge in [0.15, 0.2) is 0 Å². The molecule has 0 atom stereocenters. The highest BCUT2D eigenvalue weighted by Gasteiger charge is 2.18. The van der Waals surface area contributed by atoms with Crippen LogP contribution in [0, 0.1) is 0 Å². The summed E-state index contributed by atoms with van der Waals surface area (Å²) in [6.07, 6.45) is 1.42. The summed E-state index contributed by atoms with van der Waals surface area (Å²) in [6, 6.07) is 8.70. The summed E-state index contributed by atoms with van der Waals surface area (Å²) in [6.45, 7) is 9.02. The maximum atomic E-state index is 12.6. The molecule has 3 heterocycles. The lowest BCUT2D eigenvalue weighted by atomic mass is 10.1. The Morgan fingerprint density at radius 1 is 1.14 bits per heavy atom. The van der Waals surface area contributed by atoms with Crippen LogP contribution < -0.4 is 5.32 Å². The summed E-state index contributed by atoms with van der Waals surface area (Å²) in [7, 11) is 2.19. The van der Waals surface area contributed by atoms with E-state index >= 15 is 0 Å². The van der Waals surface area contributed by atoms with Crippen LogP contribution in [0.1, 0.15) is 17.7 Å². The van der Waals surface area contributed by atoms with Gasteiger partial charge in [0.05, 0.1) is 12.1 Å². The number of likely N-dealkylation sites (N-methyl/N-ethyl adjacent to an activating group) is 1. The Morgan fingerprint density at radius 3 is 2.86 bits per heavy atom. The molecule has 2 fully saturated rings. The number of piperazine rings is 1. The fraction of sp³-hybridized carbons (Fsp3) is 0.545. The zero-order chi connectivity index (χ0) is 20.1. The van der Waals surface area contributed by atoms with Crippen LogP contribution in [-0.2, 0) is 17.8 Å². The van der Waals surface area contributed by atoms with Gasteiger partial charge in [0.2, 0.25) is 5.91 Å². The van der Waals surface area contributed by atoms with Crippen LogP contribution in [0.25, 0.3) is 10.6 Å². The average molecular weight is 414 g/mol. The van der Waals surface area contributed by atoms with Gasteiger partial charge >= 0.3 is 0 Å². The van der Waals surface area contributed by atoms with E-state index in [0.717, 1.165) is 81.6 Å². The highest BCUT2D eigenvalue weighted by atomic mass is 32.1. The van der Waals surface area contributed by atoms with Crippen LogP contribution >= 0.6 is 11.3 Å². The third-order valence-corrected chi connectivity index (χ3v) is 6.69. The summed E-state index contributed by atoms with van der Waals surface area (Å²) in [5, 5.41) is 6.39. The standard InChI is InChI=1S/C22H31N5OS/c1-25-10-12-26(13-11-25)16-18-4-2-5-19(14-18)22-24-20(17-29-22)15-21(28)27-8-3-6-23-7-9-27/h2,4-5,14,17,23H,3,6-13,15-16H2,1H3. The molecule has 1 aromatic heterocycles. The van der Waals surface area contributed by atoms with Gasteiger partial charge in [0.1, 0.15) is 5.01 Å². The zero-order valence-corrected chi connectivity index (χ0v) is 18.1. The first-order chi connectivity index (χ1) is 14.2. The summed E-state index contributed by atoms with van der Waals surface area (Å²) < 4.78 is 0. The molecule has 156 valence electrons. The van der Waals surface area contributed by atoms with Crippen LogP contribution in [0.4, 0.5) is 0 Å². The highest BCUT2D eigenvalue weighted by molar-refractivity contribution is 7.13. The number of nitrogens with zero attached hydrogens (tertiary/aromatic N) is 4. The lowest BCUT2D eigenvalue weighted by Gasteiger charge is -2.32. The van der Waals surface area contributed by atoms with E-state index in [1.165, 1.54) is 5.56 Å². The van der Waals surface area contributed by atoms with Crippen molar-refractivity contribution in [3.63, 3.8) is 0 Å². The fourth-order valence-electron chi connectivity index (χ4n) is 3.95. The number of carbonyl (C=O) groups is 1. The molecule has 0 unspecified atom stereocenters. The Balaban J connectivity index is 1.38. The number of aromatic nitrogens is 1. The van der Waals surface area contributed by atoms with Crippen molar-refractivity contribution in [3.05, 3.63) is 40.9 Å². The smallest absolute Gasteiger partial charge is 0.228 e. The third-order valence-electron chi connectivity index (χ3n) is 5.75. The van der Waals surface area contributed by atoms with Crippen molar-refractivity contribution in [2.75, 3.05) is 59.4 Å². The Hall–Kier alpha value is -1.80. The first-order valence-corrected chi connectivity index (χ1v) is 11.5. The molecule has 0 bridgehead atoms. The van der Waals surface area contributed by atoms with E-state index in [1.807, 2.05) is 10.3 Å². The van der Waals surface area contributed by atoms with Crippen LogP contribution in [0.15, 0.2) is 29.6 Å². The number of hydrogen-bond acceptors (Lipinski definition) is 6. The average Bonchev–Trinajstić information content (AvgIpc) is 3.02. The molecule has 2 aromatic rings. The van der Waals surface area contributed by atoms with Crippen molar-refractivity contribution in [1.29, 1.82) is 0 Å². The quantitative estimate of drug-likeness (QED) is 0.812. The minimum atomic E-state index is 0.189. The first kappa shape index (κ1) is 20.5. The summed E-state index contributed by atoms with van der Waals surface area (Å²) >= 11 is 1.64. The van der Waals surface area contributed by atoms with Gasteiger partial charge in [-0.3, -0.25) is 9.69 Å². The molecule has 2 aliphatic heterocycles. The number of rotatable bonds is 5. The monoisotopic (exact) mass is 413 g/mol. The Bertz CT molecular complexity index is 807. The lowest BCUT2D eigenvalue weighted by molar-refractivity contribution is -0.130. The molecule has 29 heavy (non-hydrogen) atoms. The van der Waals surface area contributed by atoms with Gasteiger partial charge in [-0.15, -0.1) is 11.3 Å². The topological polar surface area (TPSA) is 51.7 Å². The Labute approximate surface area is 177 Å². The van der Waals surface area contributed by atoms with E-state index in [-0.39, 0.29) is 5.91 Å². The number of nitrogens with one attached hydrogen (secondary N) is 1. The van der Waals surface area contributed by atoms with E-state index < -0.39 is 0 Å². The maximum absolute atomic E-state index is 12.6. The van der Waals surface area contributed by atoms with Gasteiger partial charge in [0, 0.05) is 63.3 Å². The van der Waals surface area contributed by atoms with Crippen LogP contribution in [0.5, 0.6) is 0 Å². The molecule has 0 spiro atoms. The molecular weight excluding hydrogens is 382 g/mol. The Kier molecular flexibility index (Phi) is 6.92. The second-order valence-corrected chi connectivity index (χ2v) is 8.94. The molecule has 1 aromatic carbocycles. The van der Waals surface area contributed by atoms with Crippen molar-refractivity contribution in [3.8, 4) is 10.6 Å². The third kappa shape index (κ3) is 5.63. The first-order valence-electron chi connectivity index (χ1n) is 10.6. The normalized spacial score (nSPS) is 19.3. The van der Waals surface area contributed by atoms with Crippen molar-refractivity contribution < 1.29 is 4.79 Å². The zero-order valence-electron chi connectivity index (χ0n) is 17.3. The molecule has 0 aliphatic carbocycles. The van der Waals surface area contributed by atoms with Gasteiger partial charge in [-0.1, -0.05) is 18.2 Å². The largest absolute Gasteiger partial charge is 0.341 e. The molecule has 1 amide bonds. The molecular formula is C22H31N5OS. The SMILES string of the molecule is CN1CCN(Cc2cccc(-c3nc(CC(=O)N4CCCNCC4)cs3)c2)CC1. The highest BCUT2D eigenvalue weighted by Crippen LogP contribution is 2.25. The van der Waals surface area contributed by atoms with Gasteiger partial charge in [-0.25, -0.2) is 4.98 Å². The van der Waals surface area contributed by atoms with Crippen molar-refractivity contribution in [1.82, 2.24) is 25.0 Å². The minimum absolute atomic E-state index is 0.189. The number of hydrogen-bond donors (Lipinski definition) is 1. The van der Waals surface area contributed by atoms with Gasteiger partial charge < -0.3 is 15.1 Å². The second-order valence-electron chi connectivity index (χ2n) is 8.08. The lowest BCUT2D eigenvalue weighted by Crippen LogP contribution is -2.43. The van der Waals surface area contributed by atoms with Crippen LogP contribution in [-0.4, -0.2) is 85.0 Å². The minimum Gasteiger partial charge on any atom is -0.341 e. The molecule has 4 rings (SSSR count). The van der Waals surface area contributed by atoms with Crippen molar-refractivity contribution >= 4 is 17.2 Å². The van der Waals surface area contributed by atoms with E-state index in [4.69, 9.17) is 4.98 Å². The van der Waals surface area contributed by atoms with Gasteiger partial charge in [-0.2, -0.15) is 0 Å². The predicted octanol–water partition coefficient (Wildman–Crippen LogP) is 1.92. The fourth-order valence-corrected chi connectivity index (χ4v) is 4.77. The van der Waals surface area contributed by atoms with E-state index in [9.17, 15) is 4.79 Å². The van der Waals surface area contributed by atoms with E-state index in [1.54, 1.807) is 11.3 Å². The van der Waals surface area contributed by atoms with Crippen LogP contribution in [0.2, 0.25) is 0 Å². The molecule has 2 aliphatic rings. The molecule has 0 saturated carbocycles. The molecule has 0 radical (unpaired) electrons. The number of benzene rings is 1. The summed E-state index contributed by atoms with van der Waals surface area (Å²) in [5.74, 6) is 0.189. The number of carbonyl (C=O) groups excluding carboxylic acids is 1. The Morgan fingerprint density at radius 2 is 2.00 bits per heavy atom. The molecule has 6 nitrogen and oxygen atoms in total. The summed E-state index contributed by atoms with van der Waals surface area (Å²) in [5.41, 5.74) is 3.37. The van der Waals surface area contributed by atoms with E-state index in [2.05, 4.69) is 46.4 Å². The molecule has 2 saturated heterocycles. The number of thiazole rings is 1. The van der Waals surface area contributed by atoms with Gasteiger partial charge in [-0.05, 0) is 31.6 Å². The number of amides is 1. The van der Waals surface area contributed by atoms with Crippen molar-refractivity contribution in [2.24, 2.45) is 0 Å². The molecule has 1 N–H and O–H groups in total. The van der Waals surface area contributed by atoms with Crippen LogP contribution in [0.3, 0.4) is 0 Å². The maximum Gasteiger partial charge on any atom is 0.228 e. The van der Waals surface area contributed by atoms with Gasteiger partial charge in [0.25, 0.3) is 0 Å². The molecule has 7 heteroatoms.